The number of aromatic nitrogens is 2. The van der Waals surface area contributed by atoms with E-state index in [0.717, 1.165) is 26.8 Å². The van der Waals surface area contributed by atoms with Gasteiger partial charge in [-0.1, -0.05) is 15.9 Å². The molecule has 20 heavy (non-hydrogen) atoms. The van der Waals surface area contributed by atoms with E-state index in [-0.39, 0.29) is 0 Å². The van der Waals surface area contributed by atoms with E-state index in [4.69, 9.17) is 11.0 Å². The maximum atomic E-state index is 9.04. The Bertz CT molecular complexity index is 858. The van der Waals surface area contributed by atoms with Crippen LogP contribution in [0.2, 0.25) is 0 Å². The van der Waals surface area contributed by atoms with Gasteiger partial charge in [0.05, 0.1) is 28.4 Å². The molecule has 0 saturated carbocycles. The molecule has 1 heterocycles. The average Bonchev–Trinajstić information content (AvgIpc) is 2.74. The van der Waals surface area contributed by atoms with Crippen LogP contribution >= 0.6 is 15.9 Å². The Morgan fingerprint density at radius 2 is 2.05 bits per heavy atom. The van der Waals surface area contributed by atoms with Gasteiger partial charge in [-0.2, -0.15) is 5.26 Å². The predicted octanol–water partition coefficient (Wildman–Crippen LogP) is 3.55. The number of halogens is 1. The molecule has 3 aromatic rings. The molecular weight excluding hydrogens is 316 g/mol. The number of aryl methyl sites for hydroxylation is 1. The molecule has 0 saturated heterocycles. The topological polar surface area (TPSA) is 67.6 Å². The maximum absolute atomic E-state index is 9.04. The molecule has 0 aliphatic rings. The number of nitriles is 1. The quantitative estimate of drug-likeness (QED) is 0.743. The lowest BCUT2D eigenvalue weighted by atomic mass is 10.2. The van der Waals surface area contributed by atoms with Crippen molar-refractivity contribution < 1.29 is 0 Å². The minimum absolute atomic E-state index is 0.417. The number of rotatable bonds is 1. The van der Waals surface area contributed by atoms with Gasteiger partial charge in [0.2, 0.25) is 5.95 Å². The largest absolute Gasteiger partial charge is 0.369 e. The number of hydrogen-bond acceptors (Lipinski definition) is 3. The fourth-order valence-electron chi connectivity index (χ4n) is 2.29. The van der Waals surface area contributed by atoms with Gasteiger partial charge >= 0.3 is 0 Å². The smallest absolute Gasteiger partial charge is 0.205 e. The molecule has 0 amide bonds. The summed E-state index contributed by atoms with van der Waals surface area (Å²) in [4.78, 5) is 4.35. The molecule has 0 aliphatic heterocycles. The zero-order valence-electron chi connectivity index (χ0n) is 10.8. The fraction of sp³-hybridized carbons (Fsp3) is 0.0667. The average molecular weight is 327 g/mol. The molecule has 0 fully saturated rings. The second-order valence-corrected chi connectivity index (χ2v) is 5.47. The first-order valence-electron chi connectivity index (χ1n) is 6.05. The minimum Gasteiger partial charge on any atom is -0.369 e. The summed E-state index contributed by atoms with van der Waals surface area (Å²) in [5, 5.41) is 9.04. The van der Waals surface area contributed by atoms with Crippen LogP contribution in [0, 0.1) is 18.3 Å². The van der Waals surface area contributed by atoms with Gasteiger partial charge in [0.15, 0.2) is 0 Å². The fourth-order valence-corrected chi connectivity index (χ4v) is 2.76. The van der Waals surface area contributed by atoms with E-state index in [1.165, 1.54) is 0 Å². The number of anilines is 1. The number of fused-ring (bicyclic) bond motifs is 1. The van der Waals surface area contributed by atoms with E-state index in [0.29, 0.717) is 11.5 Å². The van der Waals surface area contributed by atoms with Gasteiger partial charge in [-0.3, -0.25) is 4.57 Å². The normalized spacial score (nSPS) is 10.7. The van der Waals surface area contributed by atoms with Crippen molar-refractivity contribution in [2.45, 2.75) is 6.92 Å². The Kier molecular flexibility index (Phi) is 2.96. The van der Waals surface area contributed by atoms with E-state index in [1.54, 1.807) is 12.1 Å². The zero-order valence-corrected chi connectivity index (χ0v) is 12.3. The summed E-state index contributed by atoms with van der Waals surface area (Å²) in [5.41, 5.74) is 10.3. The molecule has 0 bridgehead atoms. The molecule has 3 rings (SSSR count). The molecule has 4 nitrogen and oxygen atoms in total. The highest BCUT2D eigenvalue weighted by molar-refractivity contribution is 9.10. The molecule has 0 unspecified atom stereocenters. The highest BCUT2D eigenvalue weighted by Gasteiger charge is 2.12. The van der Waals surface area contributed by atoms with Crippen molar-refractivity contribution in [3.8, 4) is 11.8 Å². The van der Waals surface area contributed by atoms with Gasteiger partial charge in [-0.15, -0.1) is 0 Å². The lowest BCUT2D eigenvalue weighted by Gasteiger charge is -2.10. The second kappa shape index (κ2) is 4.66. The molecule has 2 aromatic carbocycles. The van der Waals surface area contributed by atoms with Crippen LogP contribution < -0.4 is 5.73 Å². The molecule has 5 heteroatoms. The Morgan fingerprint density at radius 1 is 1.25 bits per heavy atom. The number of benzene rings is 2. The summed E-state index contributed by atoms with van der Waals surface area (Å²) in [5.74, 6) is 0.417. The molecule has 0 aliphatic carbocycles. The van der Waals surface area contributed by atoms with Crippen LogP contribution in [0.4, 0.5) is 5.95 Å². The molecule has 1 aromatic heterocycles. The van der Waals surface area contributed by atoms with Crippen molar-refractivity contribution in [1.29, 1.82) is 5.26 Å². The monoisotopic (exact) mass is 326 g/mol. The number of nitrogens with two attached hydrogens (primary N) is 1. The van der Waals surface area contributed by atoms with E-state index in [9.17, 15) is 0 Å². The summed E-state index contributed by atoms with van der Waals surface area (Å²) in [6.45, 7) is 2.01. The van der Waals surface area contributed by atoms with Crippen LogP contribution in [0.1, 0.15) is 11.1 Å². The van der Waals surface area contributed by atoms with Gasteiger partial charge < -0.3 is 5.73 Å². The van der Waals surface area contributed by atoms with Gasteiger partial charge in [0, 0.05) is 4.47 Å². The van der Waals surface area contributed by atoms with Crippen LogP contribution in [-0.4, -0.2) is 9.55 Å². The van der Waals surface area contributed by atoms with Gasteiger partial charge in [0.25, 0.3) is 0 Å². The molecular formula is C15H11BrN4. The van der Waals surface area contributed by atoms with Crippen LogP contribution in [-0.2, 0) is 0 Å². The first-order chi connectivity index (χ1) is 9.60. The van der Waals surface area contributed by atoms with Crippen molar-refractivity contribution in [2.24, 2.45) is 0 Å². The third kappa shape index (κ3) is 1.95. The first-order valence-corrected chi connectivity index (χ1v) is 6.84. The van der Waals surface area contributed by atoms with E-state index in [2.05, 4.69) is 27.0 Å². The Labute approximate surface area is 124 Å². The van der Waals surface area contributed by atoms with Crippen molar-refractivity contribution >= 4 is 32.9 Å². The lowest BCUT2D eigenvalue weighted by molar-refractivity contribution is 1.09. The molecule has 0 atom stereocenters. The summed E-state index contributed by atoms with van der Waals surface area (Å²) >= 11 is 3.45. The van der Waals surface area contributed by atoms with E-state index in [1.807, 2.05) is 35.8 Å². The van der Waals surface area contributed by atoms with Gasteiger partial charge in [-0.05, 0) is 48.9 Å². The third-order valence-corrected chi connectivity index (χ3v) is 3.70. The highest BCUT2D eigenvalue weighted by atomic mass is 79.9. The van der Waals surface area contributed by atoms with E-state index < -0.39 is 0 Å². The number of nitrogen functional groups attached to an aromatic ring is 1. The minimum atomic E-state index is 0.417. The van der Waals surface area contributed by atoms with Gasteiger partial charge in [-0.25, -0.2) is 4.98 Å². The summed E-state index contributed by atoms with van der Waals surface area (Å²) < 4.78 is 2.89. The predicted molar refractivity (Wildman–Crippen MR) is 82.6 cm³/mol. The van der Waals surface area contributed by atoms with Crippen LogP contribution in [0.5, 0.6) is 0 Å². The standard InChI is InChI=1S/C15H11BrN4/c1-9-6-11(16)3-5-13(9)20-14-7-10(8-17)2-4-12(14)19-15(20)18/h2-7H,1H3,(H2,18,19). The molecule has 98 valence electrons. The number of hydrogen-bond donors (Lipinski definition) is 1. The Morgan fingerprint density at radius 3 is 2.75 bits per heavy atom. The third-order valence-electron chi connectivity index (χ3n) is 3.21. The maximum Gasteiger partial charge on any atom is 0.205 e. The Hall–Kier alpha value is -2.32. The van der Waals surface area contributed by atoms with Gasteiger partial charge in [0.1, 0.15) is 0 Å². The van der Waals surface area contributed by atoms with Crippen molar-refractivity contribution in [2.75, 3.05) is 5.73 Å². The zero-order chi connectivity index (χ0) is 14.3. The van der Waals surface area contributed by atoms with Crippen molar-refractivity contribution in [3.05, 3.63) is 52.0 Å². The molecule has 0 spiro atoms. The van der Waals surface area contributed by atoms with Crippen LogP contribution in [0.15, 0.2) is 40.9 Å². The summed E-state index contributed by atoms with van der Waals surface area (Å²) in [6, 6.07) is 13.5. The molecule has 0 radical (unpaired) electrons. The summed E-state index contributed by atoms with van der Waals surface area (Å²) in [6.07, 6.45) is 0. The van der Waals surface area contributed by atoms with Crippen LogP contribution in [0.25, 0.3) is 16.7 Å². The first kappa shape index (κ1) is 12.7. The number of nitrogens with zero attached hydrogens (tertiary/aromatic N) is 3. The molecule has 2 N–H and O–H groups in total. The second-order valence-electron chi connectivity index (χ2n) is 4.55. The lowest BCUT2D eigenvalue weighted by Crippen LogP contribution is -2.02. The number of imidazole rings is 1. The van der Waals surface area contributed by atoms with Crippen molar-refractivity contribution in [3.63, 3.8) is 0 Å². The Balaban J connectivity index is 2.35. The summed E-state index contributed by atoms with van der Waals surface area (Å²) in [7, 11) is 0. The SMILES string of the molecule is Cc1cc(Br)ccc1-n1c(N)nc2ccc(C#N)cc21. The van der Waals surface area contributed by atoms with Crippen molar-refractivity contribution in [1.82, 2.24) is 9.55 Å². The van der Waals surface area contributed by atoms with Crippen LogP contribution in [0.3, 0.4) is 0 Å². The van der Waals surface area contributed by atoms with E-state index >= 15 is 0 Å². The highest BCUT2D eigenvalue weighted by Crippen LogP contribution is 2.27.